The third-order valence-corrected chi connectivity index (χ3v) is 4.24. The molecule has 0 aromatic heterocycles. The van der Waals surface area contributed by atoms with Gasteiger partial charge in [0.05, 0.1) is 6.10 Å². The molecule has 0 aliphatic heterocycles. The van der Waals surface area contributed by atoms with Crippen LogP contribution < -0.4 is 5.32 Å². The van der Waals surface area contributed by atoms with Gasteiger partial charge in [0, 0.05) is 6.54 Å². The number of alkyl carbamates (subject to hydrolysis) is 1. The van der Waals surface area contributed by atoms with Crippen molar-refractivity contribution in [2.45, 2.75) is 65.1 Å². The predicted molar refractivity (Wildman–Crippen MR) is 100 cm³/mol. The number of benzene rings is 1. The highest BCUT2D eigenvalue weighted by Gasteiger charge is 2.43. The van der Waals surface area contributed by atoms with Crippen LogP contribution in [-0.2, 0) is 14.9 Å². The molecule has 26 heavy (non-hydrogen) atoms. The fourth-order valence-corrected chi connectivity index (χ4v) is 2.65. The van der Waals surface area contributed by atoms with Crippen LogP contribution in [0.1, 0.15) is 52.2 Å². The molecule has 1 amide bonds. The number of nitrogens with one attached hydrogen (secondary N) is 1. The number of ether oxygens (including phenoxy) is 1. The van der Waals surface area contributed by atoms with Crippen LogP contribution in [0.2, 0.25) is 0 Å². The van der Waals surface area contributed by atoms with Gasteiger partial charge in [-0.05, 0) is 45.6 Å². The number of aliphatic hydroxyl groups is 1. The highest BCUT2D eigenvalue weighted by molar-refractivity contribution is 5.83. The van der Waals surface area contributed by atoms with Gasteiger partial charge in [-0.3, -0.25) is 4.79 Å². The van der Waals surface area contributed by atoms with Crippen molar-refractivity contribution in [3.05, 3.63) is 35.4 Å². The maximum Gasteiger partial charge on any atom is 0.407 e. The molecule has 0 saturated carbocycles. The average Bonchev–Trinajstić information content (AvgIpc) is 2.49. The Morgan fingerprint density at radius 2 is 1.85 bits per heavy atom. The molecule has 0 fully saturated rings. The minimum Gasteiger partial charge on any atom is -0.481 e. The molecule has 146 valence electrons. The molecule has 1 rings (SSSR count). The van der Waals surface area contributed by atoms with E-state index in [1.54, 1.807) is 39.0 Å². The van der Waals surface area contributed by atoms with Gasteiger partial charge in [-0.2, -0.15) is 0 Å². The number of aryl methyl sites for hydroxylation is 1. The first-order chi connectivity index (χ1) is 11.9. The van der Waals surface area contributed by atoms with Crippen molar-refractivity contribution in [2.75, 3.05) is 6.54 Å². The van der Waals surface area contributed by atoms with Crippen molar-refractivity contribution in [3.8, 4) is 0 Å². The number of carboxylic acids is 1. The number of hydrogen-bond acceptors (Lipinski definition) is 4. The molecule has 0 heterocycles. The first kappa shape index (κ1) is 22.0. The number of rotatable bonds is 7. The number of aliphatic carboxylic acids is 1. The zero-order valence-corrected chi connectivity index (χ0v) is 16.5. The van der Waals surface area contributed by atoms with E-state index < -0.39 is 29.2 Å². The van der Waals surface area contributed by atoms with Crippen LogP contribution in [-0.4, -0.2) is 40.5 Å². The molecule has 2 unspecified atom stereocenters. The zero-order valence-electron chi connectivity index (χ0n) is 16.5. The van der Waals surface area contributed by atoms with Crippen LogP contribution in [0, 0.1) is 12.8 Å². The Morgan fingerprint density at radius 1 is 1.23 bits per heavy atom. The van der Waals surface area contributed by atoms with E-state index in [0.717, 1.165) is 5.56 Å². The quantitative estimate of drug-likeness (QED) is 0.689. The summed E-state index contributed by atoms with van der Waals surface area (Å²) in [7, 11) is 0. The summed E-state index contributed by atoms with van der Waals surface area (Å²) in [6.45, 7) is 10.6. The first-order valence-electron chi connectivity index (χ1n) is 8.83. The van der Waals surface area contributed by atoms with Crippen molar-refractivity contribution in [3.63, 3.8) is 0 Å². The van der Waals surface area contributed by atoms with Crippen LogP contribution in [0.15, 0.2) is 24.3 Å². The summed E-state index contributed by atoms with van der Waals surface area (Å²) < 4.78 is 5.22. The molecule has 0 radical (unpaired) electrons. The van der Waals surface area contributed by atoms with Crippen LogP contribution in [0.5, 0.6) is 0 Å². The SMILES string of the molecule is Cc1cccc(C(CNC(=O)OC(C)(C)C)(CC(O)C(C)C)C(=O)O)c1. The van der Waals surface area contributed by atoms with E-state index in [1.165, 1.54) is 0 Å². The van der Waals surface area contributed by atoms with Gasteiger partial charge in [0.2, 0.25) is 0 Å². The first-order valence-corrected chi connectivity index (χ1v) is 8.83. The smallest absolute Gasteiger partial charge is 0.407 e. The number of carbonyl (C=O) groups excluding carboxylic acids is 1. The van der Waals surface area contributed by atoms with Crippen molar-refractivity contribution in [2.24, 2.45) is 5.92 Å². The maximum absolute atomic E-state index is 12.3. The van der Waals surface area contributed by atoms with Crippen LogP contribution in [0.25, 0.3) is 0 Å². The van der Waals surface area contributed by atoms with Gasteiger partial charge in [0.15, 0.2) is 0 Å². The molecule has 6 heteroatoms. The maximum atomic E-state index is 12.3. The van der Waals surface area contributed by atoms with Gasteiger partial charge >= 0.3 is 12.1 Å². The fraction of sp³-hybridized carbons (Fsp3) is 0.600. The Labute approximate surface area is 155 Å². The summed E-state index contributed by atoms with van der Waals surface area (Å²) in [5.74, 6) is -1.21. The van der Waals surface area contributed by atoms with Gasteiger partial charge in [0.25, 0.3) is 0 Å². The second-order valence-corrected chi connectivity index (χ2v) is 8.13. The standard InChI is InChI=1S/C20H31NO5/c1-13(2)16(22)11-20(17(23)24,15-9-7-8-14(3)10-15)12-21-18(25)26-19(4,5)6/h7-10,13,16,22H,11-12H2,1-6H3,(H,21,25)(H,23,24). The number of carbonyl (C=O) groups is 2. The molecule has 0 bridgehead atoms. The summed E-state index contributed by atoms with van der Waals surface area (Å²) in [5.41, 5.74) is -0.686. The summed E-state index contributed by atoms with van der Waals surface area (Å²) in [5, 5.41) is 23.0. The van der Waals surface area contributed by atoms with E-state index in [-0.39, 0.29) is 18.9 Å². The summed E-state index contributed by atoms with van der Waals surface area (Å²) in [6.07, 6.45) is -1.53. The molecule has 0 saturated heterocycles. The third-order valence-electron chi connectivity index (χ3n) is 4.24. The molecular weight excluding hydrogens is 334 g/mol. The van der Waals surface area contributed by atoms with E-state index in [0.29, 0.717) is 5.56 Å². The highest BCUT2D eigenvalue weighted by atomic mass is 16.6. The van der Waals surface area contributed by atoms with Gasteiger partial charge < -0.3 is 20.3 Å². The Bertz CT molecular complexity index is 635. The van der Waals surface area contributed by atoms with E-state index in [4.69, 9.17) is 4.74 Å². The molecule has 0 spiro atoms. The number of carboxylic acid groups (broad SMARTS) is 1. The predicted octanol–water partition coefficient (Wildman–Crippen LogP) is 3.25. The van der Waals surface area contributed by atoms with Crippen LogP contribution in [0.3, 0.4) is 0 Å². The second kappa shape index (κ2) is 8.54. The molecule has 2 atom stereocenters. The van der Waals surface area contributed by atoms with Crippen LogP contribution >= 0.6 is 0 Å². The molecule has 1 aromatic rings. The summed E-state index contributed by atoms with van der Waals surface area (Å²) in [6, 6.07) is 7.14. The number of amides is 1. The lowest BCUT2D eigenvalue weighted by molar-refractivity contribution is -0.145. The molecule has 6 nitrogen and oxygen atoms in total. The van der Waals surface area contributed by atoms with E-state index >= 15 is 0 Å². The van der Waals surface area contributed by atoms with Crippen LogP contribution in [0.4, 0.5) is 4.79 Å². The van der Waals surface area contributed by atoms with Crippen molar-refractivity contribution >= 4 is 12.1 Å². The Kier molecular flexibility index (Phi) is 7.21. The molecule has 0 aliphatic rings. The Morgan fingerprint density at radius 3 is 2.31 bits per heavy atom. The fourth-order valence-electron chi connectivity index (χ4n) is 2.65. The third kappa shape index (κ3) is 6.02. The largest absolute Gasteiger partial charge is 0.481 e. The lowest BCUT2D eigenvalue weighted by atomic mass is 9.74. The highest BCUT2D eigenvalue weighted by Crippen LogP contribution is 2.32. The molecule has 0 aliphatic carbocycles. The van der Waals surface area contributed by atoms with E-state index in [9.17, 15) is 19.8 Å². The zero-order chi connectivity index (χ0) is 20.1. The van der Waals surface area contributed by atoms with E-state index in [2.05, 4.69) is 5.32 Å². The molecule has 3 N–H and O–H groups in total. The second-order valence-electron chi connectivity index (χ2n) is 8.13. The Balaban J connectivity index is 3.22. The average molecular weight is 365 g/mol. The van der Waals surface area contributed by atoms with Gasteiger partial charge in [-0.1, -0.05) is 43.7 Å². The van der Waals surface area contributed by atoms with E-state index in [1.807, 2.05) is 26.8 Å². The molecule has 1 aromatic carbocycles. The molecular formula is C20H31NO5. The lowest BCUT2D eigenvalue weighted by Crippen LogP contribution is -2.50. The number of aliphatic hydroxyl groups excluding tert-OH is 1. The lowest BCUT2D eigenvalue weighted by Gasteiger charge is -2.34. The summed E-state index contributed by atoms with van der Waals surface area (Å²) in [4.78, 5) is 24.3. The number of hydrogen-bond donors (Lipinski definition) is 3. The normalized spacial score (nSPS) is 15.2. The van der Waals surface area contributed by atoms with Crippen molar-refractivity contribution < 1.29 is 24.5 Å². The van der Waals surface area contributed by atoms with Gasteiger partial charge in [-0.25, -0.2) is 4.79 Å². The monoisotopic (exact) mass is 365 g/mol. The Hall–Kier alpha value is -2.08. The minimum atomic E-state index is -1.45. The van der Waals surface area contributed by atoms with Gasteiger partial charge in [-0.15, -0.1) is 0 Å². The van der Waals surface area contributed by atoms with Gasteiger partial charge in [0.1, 0.15) is 11.0 Å². The summed E-state index contributed by atoms with van der Waals surface area (Å²) >= 11 is 0. The topological polar surface area (TPSA) is 95.9 Å². The van der Waals surface area contributed by atoms with Crippen molar-refractivity contribution in [1.82, 2.24) is 5.32 Å². The van der Waals surface area contributed by atoms with Crippen molar-refractivity contribution in [1.29, 1.82) is 0 Å². The minimum absolute atomic E-state index is 0.0146.